The molecule has 5 nitrogen and oxygen atoms in total. The highest BCUT2D eigenvalue weighted by molar-refractivity contribution is 9.10. The van der Waals surface area contributed by atoms with E-state index in [-0.39, 0.29) is 23.7 Å². The average Bonchev–Trinajstić information content (AvgIpc) is 2.31. The van der Waals surface area contributed by atoms with Crippen molar-refractivity contribution in [3.63, 3.8) is 0 Å². The molecular formula is C12H15BrN2O3. The van der Waals surface area contributed by atoms with Gasteiger partial charge in [0.1, 0.15) is 0 Å². The molecule has 0 radical (unpaired) electrons. The minimum atomic E-state index is -1.10. The second-order valence-electron chi connectivity index (χ2n) is 4.51. The zero-order valence-electron chi connectivity index (χ0n) is 10.2. The third kappa shape index (κ3) is 3.08. The van der Waals surface area contributed by atoms with Crippen LogP contribution in [0.4, 0.5) is 5.69 Å². The zero-order chi connectivity index (χ0) is 13.9. The molecule has 0 spiro atoms. The molecule has 0 heterocycles. The highest BCUT2D eigenvalue weighted by Crippen LogP contribution is 2.28. The number of benzene rings is 1. The van der Waals surface area contributed by atoms with E-state index in [9.17, 15) is 9.59 Å². The van der Waals surface area contributed by atoms with Crippen molar-refractivity contribution in [1.29, 1.82) is 0 Å². The van der Waals surface area contributed by atoms with E-state index in [4.69, 9.17) is 10.8 Å². The maximum atomic E-state index is 12.0. The first-order valence-corrected chi connectivity index (χ1v) is 6.12. The first kappa shape index (κ1) is 14.7. The van der Waals surface area contributed by atoms with Gasteiger partial charge >= 0.3 is 5.97 Å². The summed E-state index contributed by atoms with van der Waals surface area (Å²) in [6.45, 7) is 3.56. The van der Waals surface area contributed by atoms with Crippen LogP contribution in [0.2, 0.25) is 0 Å². The SMILES string of the molecule is CC(C)(CN)C(=O)Nc1c(Br)cccc1C(=O)O. The van der Waals surface area contributed by atoms with E-state index < -0.39 is 11.4 Å². The monoisotopic (exact) mass is 314 g/mol. The molecule has 0 fully saturated rings. The molecule has 18 heavy (non-hydrogen) atoms. The maximum absolute atomic E-state index is 12.0. The van der Waals surface area contributed by atoms with Crippen LogP contribution in [0.1, 0.15) is 24.2 Å². The Kier molecular flexibility index (Phi) is 4.48. The van der Waals surface area contributed by atoms with E-state index in [1.54, 1.807) is 26.0 Å². The zero-order valence-corrected chi connectivity index (χ0v) is 11.7. The summed E-state index contributed by atoms with van der Waals surface area (Å²) < 4.78 is 0.517. The van der Waals surface area contributed by atoms with Crippen LogP contribution in [-0.4, -0.2) is 23.5 Å². The number of anilines is 1. The summed E-state index contributed by atoms with van der Waals surface area (Å²) in [7, 11) is 0. The number of carboxylic acids is 1. The first-order valence-electron chi connectivity index (χ1n) is 5.33. The molecule has 0 atom stereocenters. The molecule has 0 aliphatic carbocycles. The Hall–Kier alpha value is -1.40. The van der Waals surface area contributed by atoms with Crippen molar-refractivity contribution in [1.82, 2.24) is 0 Å². The van der Waals surface area contributed by atoms with Gasteiger partial charge in [-0.3, -0.25) is 4.79 Å². The number of carbonyl (C=O) groups excluding carboxylic acids is 1. The van der Waals surface area contributed by atoms with Crippen molar-refractivity contribution in [2.75, 3.05) is 11.9 Å². The second-order valence-corrected chi connectivity index (χ2v) is 5.36. The van der Waals surface area contributed by atoms with Gasteiger partial charge in [-0.2, -0.15) is 0 Å². The molecule has 0 saturated carbocycles. The minimum absolute atomic E-state index is 0.0329. The van der Waals surface area contributed by atoms with Crippen LogP contribution in [0, 0.1) is 5.41 Å². The molecule has 4 N–H and O–H groups in total. The highest BCUT2D eigenvalue weighted by Gasteiger charge is 2.27. The van der Waals surface area contributed by atoms with Crippen LogP contribution in [0.25, 0.3) is 0 Å². The fraction of sp³-hybridized carbons (Fsp3) is 0.333. The lowest BCUT2D eigenvalue weighted by Gasteiger charge is -2.22. The fourth-order valence-corrected chi connectivity index (χ4v) is 1.67. The molecule has 0 bridgehead atoms. The topological polar surface area (TPSA) is 92.4 Å². The van der Waals surface area contributed by atoms with Crippen molar-refractivity contribution in [3.8, 4) is 0 Å². The maximum Gasteiger partial charge on any atom is 0.337 e. The molecule has 1 aromatic carbocycles. The molecule has 1 amide bonds. The number of carboxylic acid groups (broad SMARTS) is 1. The summed E-state index contributed by atoms with van der Waals surface area (Å²) in [6.07, 6.45) is 0. The molecule has 1 aromatic rings. The van der Waals surface area contributed by atoms with E-state index in [1.165, 1.54) is 6.07 Å². The van der Waals surface area contributed by atoms with E-state index >= 15 is 0 Å². The van der Waals surface area contributed by atoms with E-state index in [0.29, 0.717) is 4.47 Å². The summed E-state index contributed by atoms with van der Waals surface area (Å²) in [5.74, 6) is -1.42. The van der Waals surface area contributed by atoms with Gasteiger partial charge in [-0.05, 0) is 41.9 Å². The molecular weight excluding hydrogens is 300 g/mol. The molecule has 0 unspecified atom stereocenters. The van der Waals surface area contributed by atoms with Gasteiger partial charge in [-0.15, -0.1) is 0 Å². The highest BCUT2D eigenvalue weighted by atomic mass is 79.9. The van der Waals surface area contributed by atoms with Gasteiger partial charge in [0.2, 0.25) is 5.91 Å². The summed E-state index contributed by atoms with van der Waals surface area (Å²) in [4.78, 5) is 23.1. The molecule has 0 aliphatic heterocycles. The molecule has 6 heteroatoms. The van der Waals surface area contributed by atoms with Gasteiger partial charge in [0.05, 0.1) is 16.7 Å². The summed E-state index contributed by atoms with van der Waals surface area (Å²) in [5, 5.41) is 11.7. The number of hydrogen-bond acceptors (Lipinski definition) is 3. The lowest BCUT2D eigenvalue weighted by atomic mass is 9.92. The fourth-order valence-electron chi connectivity index (χ4n) is 1.20. The van der Waals surface area contributed by atoms with Gasteiger partial charge in [0.15, 0.2) is 0 Å². The van der Waals surface area contributed by atoms with Crippen LogP contribution >= 0.6 is 15.9 Å². The van der Waals surface area contributed by atoms with E-state index in [1.807, 2.05) is 0 Å². The summed E-state index contributed by atoms with van der Waals surface area (Å²) in [5.41, 5.74) is 5.03. The third-order valence-electron chi connectivity index (χ3n) is 2.61. The molecule has 0 aromatic heterocycles. The Morgan fingerprint density at radius 2 is 2.06 bits per heavy atom. The minimum Gasteiger partial charge on any atom is -0.478 e. The average molecular weight is 315 g/mol. The number of para-hydroxylation sites is 1. The first-order chi connectivity index (χ1) is 8.29. The Balaban J connectivity index is 3.12. The number of amides is 1. The van der Waals surface area contributed by atoms with Gasteiger partial charge < -0.3 is 16.2 Å². The lowest BCUT2D eigenvalue weighted by Crippen LogP contribution is -2.37. The van der Waals surface area contributed by atoms with Crippen molar-refractivity contribution < 1.29 is 14.7 Å². The van der Waals surface area contributed by atoms with E-state index in [2.05, 4.69) is 21.2 Å². The standard InChI is InChI=1S/C12H15BrN2O3/c1-12(2,6-14)11(18)15-9-7(10(16)17)4-3-5-8(9)13/h3-5H,6,14H2,1-2H3,(H,15,18)(H,16,17). The lowest BCUT2D eigenvalue weighted by molar-refractivity contribution is -0.123. The quantitative estimate of drug-likeness (QED) is 0.793. The Bertz CT molecular complexity index is 486. The molecule has 98 valence electrons. The second kappa shape index (κ2) is 5.49. The molecule has 0 saturated heterocycles. The number of carbonyl (C=O) groups is 2. The normalized spacial score (nSPS) is 11.1. The number of hydrogen-bond donors (Lipinski definition) is 3. The number of nitrogens with one attached hydrogen (secondary N) is 1. The van der Waals surface area contributed by atoms with Crippen LogP contribution in [-0.2, 0) is 4.79 Å². The molecule has 0 aliphatic rings. The molecule has 1 rings (SSSR count). The van der Waals surface area contributed by atoms with Crippen LogP contribution in [0.3, 0.4) is 0 Å². The predicted molar refractivity (Wildman–Crippen MR) is 72.6 cm³/mol. The largest absolute Gasteiger partial charge is 0.478 e. The van der Waals surface area contributed by atoms with Gasteiger partial charge in [-0.1, -0.05) is 6.07 Å². The van der Waals surface area contributed by atoms with Crippen LogP contribution in [0.15, 0.2) is 22.7 Å². The Labute approximate surface area is 113 Å². The van der Waals surface area contributed by atoms with Gasteiger partial charge in [0, 0.05) is 11.0 Å². The Morgan fingerprint density at radius 1 is 1.44 bits per heavy atom. The number of aromatic carboxylic acids is 1. The number of rotatable bonds is 4. The smallest absolute Gasteiger partial charge is 0.337 e. The summed E-state index contributed by atoms with van der Waals surface area (Å²) in [6, 6.07) is 4.69. The van der Waals surface area contributed by atoms with Crippen molar-refractivity contribution in [3.05, 3.63) is 28.2 Å². The third-order valence-corrected chi connectivity index (χ3v) is 3.27. The van der Waals surface area contributed by atoms with Gasteiger partial charge in [0.25, 0.3) is 0 Å². The van der Waals surface area contributed by atoms with Crippen LogP contribution < -0.4 is 11.1 Å². The Morgan fingerprint density at radius 3 is 2.56 bits per heavy atom. The van der Waals surface area contributed by atoms with E-state index in [0.717, 1.165) is 0 Å². The van der Waals surface area contributed by atoms with Crippen LogP contribution in [0.5, 0.6) is 0 Å². The van der Waals surface area contributed by atoms with Gasteiger partial charge in [-0.25, -0.2) is 4.79 Å². The van der Waals surface area contributed by atoms with Crippen molar-refractivity contribution in [2.24, 2.45) is 11.1 Å². The predicted octanol–water partition coefficient (Wildman–Crippen LogP) is 2.07. The van der Waals surface area contributed by atoms with Crippen molar-refractivity contribution >= 4 is 33.5 Å². The summed E-state index contributed by atoms with van der Waals surface area (Å²) >= 11 is 3.22. The number of halogens is 1. The number of nitrogens with two attached hydrogens (primary N) is 1. The van der Waals surface area contributed by atoms with Crippen molar-refractivity contribution in [2.45, 2.75) is 13.8 Å².